The fraction of sp³-hybridized carbons (Fsp3) is 0. The topological polar surface area (TPSA) is 43.7 Å². The Labute approximate surface area is 188 Å². The Morgan fingerprint density at radius 3 is 1.97 bits per heavy atom. The summed E-state index contributed by atoms with van der Waals surface area (Å²) >= 11 is 0. The first-order valence-corrected chi connectivity index (χ1v) is 10.6. The first kappa shape index (κ1) is 20.1. The van der Waals surface area contributed by atoms with Crippen molar-refractivity contribution in [1.82, 2.24) is 0 Å². The lowest BCUT2D eigenvalue weighted by Gasteiger charge is -2.28. The first-order valence-electron chi connectivity index (χ1n) is 10.6. The molecule has 0 saturated heterocycles. The molecule has 0 heterocycles. The summed E-state index contributed by atoms with van der Waals surface area (Å²) in [6.07, 6.45) is 0. The normalized spacial score (nSPS) is 10.8. The van der Waals surface area contributed by atoms with Crippen molar-refractivity contribution in [3.8, 4) is 11.1 Å². The largest absolute Gasteiger partial charge is 0.489 e. The SMILES string of the molecule is OB(O)c1cc(N(c2ccccc2)c2cccc3ccccc23)ccc1-c1ccccc1. The molecule has 0 amide bonds. The molecule has 5 aromatic carbocycles. The summed E-state index contributed by atoms with van der Waals surface area (Å²) in [4.78, 5) is 2.16. The maximum Gasteiger partial charge on any atom is 0.489 e. The molecule has 0 bridgehead atoms. The van der Waals surface area contributed by atoms with Crippen LogP contribution >= 0.6 is 0 Å². The molecule has 5 rings (SSSR count). The smallest absolute Gasteiger partial charge is 0.423 e. The summed E-state index contributed by atoms with van der Waals surface area (Å²) < 4.78 is 0. The van der Waals surface area contributed by atoms with Crippen LogP contribution in [0, 0.1) is 0 Å². The van der Waals surface area contributed by atoms with Crippen molar-refractivity contribution < 1.29 is 10.0 Å². The third-order valence-electron chi connectivity index (χ3n) is 5.68. The van der Waals surface area contributed by atoms with Gasteiger partial charge >= 0.3 is 7.12 Å². The van der Waals surface area contributed by atoms with Crippen molar-refractivity contribution in [2.24, 2.45) is 0 Å². The minimum atomic E-state index is -1.59. The van der Waals surface area contributed by atoms with E-state index in [4.69, 9.17) is 0 Å². The Balaban J connectivity index is 1.73. The van der Waals surface area contributed by atoms with Gasteiger partial charge in [-0.15, -0.1) is 0 Å². The van der Waals surface area contributed by atoms with Crippen LogP contribution in [0.4, 0.5) is 17.1 Å². The van der Waals surface area contributed by atoms with Gasteiger partial charge in [0.25, 0.3) is 0 Å². The molecular weight excluding hydrogens is 393 g/mol. The second-order valence-corrected chi connectivity index (χ2v) is 7.68. The van der Waals surface area contributed by atoms with E-state index < -0.39 is 7.12 Å². The molecule has 0 fully saturated rings. The van der Waals surface area contributed by atoms with E-state index in [1.807, 2.05) is 84.9 Å². The average Bonchev–Trinajstić information content (AvgIpc) is 2.85. The van der Waals surface area contributed by atoms with Crippen LogP contribution in [0.25, 0.3) is 21.9 Å². The summed E-state index contributed by atoms with van der Waals surface area (Å²) in [6.45, 7) is 0. The third kappa shape index (κ3) is 3.78. The van der Waals surface area contributed by atoms with Gasteiger partial charge in [0, 0.05) is 16.8 Å². The van der Waals surface area contributed by atoms with Crippen molar-refractivity contribution >= 4 is 40.4 Å². The van der Waals surface area contributed by atoms with E-state index in [-0.39, 0.29) is 0 Å². The van der Waals surface area contributed by atoms with Gasteiger partial charge in [0.05, 0.1) is 5.69 Å². The maximum absolute atomic E-state index is 10.2. The standard InChI is InChI=1S/C28H22BNO2/c31-29(32)27-20-24(18-19-25(27)21-10-3-1-4-11-21)30(23-14-5-2-6-15-23)28-17-9-13-22-12-7-8-16-26(22)28/h1-20,31-32H. The molecule has 0 spiro atoms. The zero-order valence-electron chi connectivity index (χ0n) is 17.5. The lowest BCUT2D eigenvalue weighted by atomic mass is 9.75. The van der Waals surface area contributed by atoms with E-state index in [0.717, 1.165) is 39.0 Å². The molecular formula is C28H22BNO2. The van der Waals surface area contributed by atoms with Crippen molar-refractivity contribution in [3.05, 3.63) is 121 Å². The number of benzene rings is 5. The van der Waals surface area contributed by atoms with E-state index in [1.165, 1.54) is 0 Å². The molecule has 4 heteroatoms. The minimum Gasteiger partial charge on any atom is -0.423 e. The van der Waals surface area contributed by atoms with Crippen LogP contribution in [0.5, 0.6) is 0 Å². The molecule has 0 aromatic heterocycles. The van der Waals surface area contributed by atoms with Crippen LogP contribution < -0.4 is 10.4 Å². The Bertz CT molecular complexity index is 1350. The van der Waals surface area contributed by atoms with Gasteiger partial charge < -0.3 is 14.9 Å². The molecule has 32 heavy (non-hydrogen) atoms. The highest BCUT2D eigenvalue weighted by atomic mass is 16.4. The Morgan fingerprint density at radius 2 is 1.22 bits per heavy atom. The molecule has 154 valence electrons. The highest BCUT2D eigenvalue weighted by molar-refractivity contribution is 6.60. The predicted molar refractivity (Wildman–Crippen MR) is 134 cm³/mol. The summed E-state index contributed by atoms with van der Waals surface area (Å²) in [5.41, 5.74) is 5.09. The van der Waals surface area contributed by atoms with Crippen molar-refractivity contribution in [3.63, 3.8) is 0 Å². The fourth-order valence-electron chi connectivity index (χ4n) is 4.19. The minimum absolute atomic E-state index is 0.467. The summed E-state index contributed by atoms with van der Waals surface area (Å²) in [7, 11) is -1.59. The molecule has 0 unspecified atom stereocenters. The van der Waals surface area contributed by atoms with Crippen LogP contribution in [0.2, 0.25) is 0 Å². The van der Waals surface area contributed by atoms with Gasteiger partial charge in [-0.25, -0.2) is 0 Å². The van der Waals surface area contributed by atoms with Crippen LogP contribution in [-0.2, 0) is 0 Å². The van der Waals surface area contributed by atoms with Crippen LogP contribution in [0.3, 0.4) is 0 Å². The summed E-state index contributed by atoms with van der Waals surface area (Å²) in [6, 6.07) is 40.3. The molecule has 0 saturated carbocycles. The monoisotopic (exact) mass is 415 g/mol. The second kappa shape index (κ2) is 8.71. The zero-order chi connectivity index (χ0) is 21.9. The molecule has 5 aromatic rings. The zero-order valence-corrected chi connectivity index (χ0v) is 17.5. The highest BCUT2D eigenvalue weighted by Gasteiger charge is 2.21. The lowest BCUT2D eigenvalue weighted by Crippen LogP contribution is -2.32. The van der Waals surface area contributed by atoms with E-state index in [9.17, 15) is 10.0 Å². The van der Waals surface area contributed by atoms with Crippen molar-refractivity contribution in [2.45, 2.75) is 0 Å². The molecule has 0 aliphatic rings. The van der Waals surface area contributed by atoms with Gasteiger partial charge in [-0.05, 0) is 52.3 Å². The third-order valence-corrected chi connectivity index (χ3v) is 5.68. The molecule has 0 radical (unpaired) electrons. The molecule has 0 aliphatic heterocycles. The number of rotatable bonds is 5. The molecule has 0 aliphatic carbocycles. The van der Waals surface area contributed by atoms with Gasteiger partial charge in [-0.1, -0.05) is 91.0 Å². The number of anilines is 3. The number of para-hydroxylation sites is 1. The van der Waals surface area contributed by atoms with Crippen LogP contribution in [0.15, 0.2) is 121 Å². The van der Waals surface area contributed by atoms with Crippen molar-refractivity contribution in [1.29, 1.82) is 0 Å². The van der Waals surface area contributed by atoms with Crippen LogP contribution in [-0.4, -0.2) is 17.2 Å². The van der Waals surface area contributed by atoms with Gasteiger partial charge in [0.2, 0.25) is 0 Å². The first-order chi connectivity index (χ1) is 15.7. The maximum atomic E-state index is 10.2. The Morgan fingerprint density at radius 1 is 0.562 bits per heavy atom. The molecule has 3 nitrogen and oxygen atoms in total. The number of fused-ring (bicyclic) bond motifs is 1. The van der Waals surface area contributed by atoms with Gasteiger partial charge in [0.1, 0.15) is 0 Å². The predicted octanol–water partition coefficient (Wildman–Crippen LogP) is 5.66. The van der Waals surface area contributed by atoms with Gasteiger partial charge in [-0.2, -0.15) is 0 Å². The number of nitrogens with zero attached hydrogens (tertiary/aromatic N) is 1. The summed E-state index contributed by atoms with van der Waals surface area (Å²) in [5, 5.41) is 22.7. The van der Waals surface area contributed by atoms with E-state index in [1.54, 1.807) is 0 Å². The number of hydrogen-bond donors (Lipinski definition) is 2. The lowest BCUT2D eigenvalue weighted by molar-refractivity contribution is 0.426. The fourth-order valence-corrected chi connectivity index (χ4v) is 4.19. The molecule has 2 N–H and O–H groups in total. The summed E-state index contributed by atoms with van der Waals surface area (Å²) in [5.74, 6) is 0. The van der Waals surface area contributed by atoms with Gasteiger partial charge in [-0.3, -0.25) is 0 Å². The average molecular weight is 415 g/mol. The van der Waals surface area contributed by atoms with Crippen LogP contribution in [0.1, 0.15) is 0 Å². The highest BCUT2D eigenvalue weighted by Crippen LogP contribution is 2.38. The van der Waals surface area contributed by atoms with E-state index in [0.29, 0.717) is 5.46 Å². The Hall–Kier alpha value is -3.86. The molecule has 0 atom stereocenters. The van der Waals surface area contributed by atoms with Gasteiger partial charge in [0.15, 0.2) is 0 Å². The van der Waals surface area contributed by atoms with E-state index >= 15 is 0 Å². The Kier molecular flexibility index (Phi) is 5.47. The van der Waals surface area contributed by atoms with E-state index in [2.05, 4.69) is 41.3 Å². The number of hydrogen-bond acceptors (Lipinski definition) is 3. The van der Waals surface area contributed by atoms with Crippen molar-refractivity contribution in [2.75, 3.05) is 4.90 Å². The second-order valence-electron chi connectivity index (χ2n) is 7.68. The quantitative estimate of drug-likeness (QED) is 0.364.